The highest BCUT2D eigenvalue weighted by Gasteiger charge is 2.12. The minimum absolute atomic E-state index is 1.04. The highest BCUT2D eigenvalue weighted by atomic mass is 14.9. The Bertz CT molecular complexity index is 1080. The van der Waals surface area contributed by atoms with Crippen LogP contribution in [-0.4, -0.2) is 4.98 Å². The second kappa shape index (κ2) is 7.16. The Morgan fingerprint density at radius 3 is 1.57 bits per heavy atom. The molecule has 0 fully saturated rings. The maximum atomic E-state index is 4.58. The molecule has 0 bridgehead atoms. The van der Waals surface area contributed by atoms with Crippen molar-refractivity contribution < 1.29 is 0 Å². The van der Waals surface area contributed by atoms with Crippen LogP contribution in [0.1, 0.15) is 11.1 Å². The summed E-state index contributed by atoms with van der Waals surface area (Å²) in [5, 5.41) is 5.84. The van der Waals surface area contributed by atoms with E-state index in [4.69, 9.17) is 0 Å². The number of rotatable bonds is 0. The molecule has 0 amide bonds. The lowest BCUT2D eigenvalue weighted by Crippen LogP contribution is -2.05. The number of benzene rings is 4. The Kier molecular flexibility index (Phi) is 4.23. The standard InChI is InChI=1S/C13H11N.C13H9N/c2*1-3-7-12-10(5-1)9-11-6-2-4-8-13(11)14-12/h1-8,14H,9H2;1-9H. The fourth-order valence-electron chi connectivity index (χ4n) is 3.66. The van der Waals surface area contributed by atoms with E-state index in [-0.39, 0.29) is 0 Å². The van der Waals surface area contributed by atoms with Gasteiger partial charge in [-0.1, -0.05) is 72.8 Å². The number of hydrogen-bond acceptors (Lipinski definition) is 2. The average molecular weight is 360 g/mol. The molecule has 5 aromatic rings. The van der Waals surface area contributed by atoms with E-state index >= 15 is 0 Å². The van der Waals surface area contributed by atoms with E-state index in [1.165, 1.54) is 33.3 Å². The van der Waals surface area contributed by atoms with E-state index in [0.29, 0.717) is 0 Å². The molecular weight excluding hydrogens is 340 g/mol. The van der Waals surface area contributed by atoms with Crippen LogP contribution < -0.4 is 5.32 Å². The van der Waals surface area contributed by atoms with Gasteiger partial charge in [0.1, 0.15) is 0 Å². The molecule has 0 radical (unpaired) electrons. The first-order valence-corrected chi connectivity index (χ1v) is 9.54. The molecule has 1 N–H and O–H groups in total. The zero-order chi connectivity index (χ0) is 18.8. The summed E-state index contributed by atoms with van der Waals surface area (Å²) in [5.74, 6) is 0. The molecule has 2 heterocycles. The summed E-state index contributed by atoms with van der Waals surface area (Å²) < 4.78 is 0. The van der Waals surface area contributed by atoms with Gasteiger partial charge in [-0.25, -0.2) is 4.98 Å². The Morgan fingerprint density at radius 2 is 1.00 bits per heavy atom. The Hall–Kier alpha value is -3.65. The number of aromatic nitrogens is 1. The molecule has 1 aliphatic rings. The third kappa shape index (κ3) is 3.21. The number of hydrogen-bond donors (Lipinski definition) is 1. The summed E-state index contributed by atoms with van der Waals surface area (Å²) in [6.45, 7) is 0. The fraction of sp³-hybridized carbons (Fsp3) is 0.0385. The van der Waals surface area contributed by atoms with Crippen LogP contribution in [-0.2, 0) is 6.42 Å². The van der Waals surface area contributed by atoms with Gasteiger partial charge in [0.15, 0.2) is 0 Å². The van der Waals surface area contributed by atoms with Crippen molar-refractivity contribution in [3.05, 3.63) is 114 Å². The molecular formula is C26H20N2. The highest BCUT2D eigenvalue weighted by Crippen LogP contribution is 2.31. The molecule has 0 saturated carbocycles. The molecule has 28 heavy (non-hydrogen) atoms. The molecule has 1 aliphatic heterocycles. The van der Waals surface area contributed by atoms with Crippen LogP contribution in [0.25, 0.3) is 21.8 Å². The molecule has 6 rings (SSSR count). The summed E-state index contributed by atoms with van der Waals surface area (Å²) in [4.78, 5) is 4.58. The van der Waals surface area contributed by atoms with Gasteiger partial charge in [0.25, 0.3) is 0 Å². The maximum Gasteiger partial charge on any atom is 0.0709 e. The zero-order valence-electron chi connectivity index (χ0n) is 15.5. The SMILES string of the molecule is c1ccc2c(c1)Cc1ccccc1N2.c1ccc2nc3ccccc3cc2c1. The highest BCUT2D eigenvalue weighted by molar-refractivity contribution is 5.92. The first-order valence-electron chi connectivity index (χ1n) is 9.54. The van der Waals surface area contributed by atoms with Crippen LogP contribution >= 0.6 is 0 Å². The number of nitrogens with one attached hydrogen (secondary N) is 1. The number of fused-ring (bicyclic) bond motifs is 4. The lowest BCUT2D eigenvalue weighted by atomic mass is 9.98. The minimum atomic E-state index is 1.04. The van der Waals surface area contributed by atoms with Crippen molar-refractivity contribution in [1.82, 2.24) is 4.98 Å². The van der Waals surface area contributed by atoms with E-state index in [9.17, 15) is 0 Å². The van der Waals surface area contributed by atoms with Crippen molar-refractivity contribution in [3.63, 3.8) is 0 Å². The lowest BCUT2D eigenvalue weighted by molar-refractivity contribution is 1.16. The van der Waals surface area contributed by atoms with Gasteiger partial charge in [-0.05, 0) is 41.5 Å². The van der Waals surface area contributed by atoms with E-state index in [1.807, 2.05) is 36.4 Å². The molecule has 2 nitrogen and oxygen atoms in total. The van der Waals surface area contributed by atoms with Crippen LogP contribution in [0.3, 0.4) is 0 Å². The van der Waals surface area contributed by atoms with E-state index in [1.54, 1.807) is 0 Å². The maximum absolute atomic E-state index is 4.58. The second-order valence-corrected chi connectivity index (χ2v) is 6.99. The predicted octanol–water partition coefficient (Wildman–Crippen LogP) is 6.72. The van der Waals surface area contributed by atoms with Crippen LogP contribution in [0.15, 0.2) is 103 Å². The third-order valence-corrected chi connectivity index (χ3v) is 5.11. The van der Waals surface area contributed by atoms with Gasteiger partial charge in [0.2, 0.25) is 0 Å². The van der Waals surface area contributed by atoms with Crippen molar-refractivity contribution in [2.75, 3.05) is 5.32 Å². The molecule has 0 aliphatic carbocycles. The van der Waals surface area contributed by atoms with E-state index in [2.05, 4.69) is 77.0 Å². The normalized spacial score (nSPS) is 11.7. The Labute approximate surface area is 164 Å². The van der Waals surface area contributed by atoms with Gasteiger partial charge in [-0.3, -0.25) is 0 Å². The molecule has 4 aromatic carbocycles. The predicted molar refractivity (Wildman–Crippen MR) is 118 cm³/mol. The van der Waals surface area contributed by atoms with Gasteiger partial charge in [-0.2, -0.15) is 0 Å². The molecule has 0 saturated heterocycles. The van der Waals surface area contributed by atoms with Gasteiger partial charge in [-0.15, -0.1) is 0 Å². The number of nitrogens with zero attached hydrogens (tertiary/aromatic N) is 1. The van der Waals surface area contributed by atoms with Gasteiger partial charge >= 0.3 is 0 Å². The molecule has 0 spiro atoms. The molecule has 0 unspecified atom stereocenters. The van der Waals surface area contributed by atoms with Gasteiger partial charge < -0.3 is 5.32 Å². The summed E-state index contributed by atoms with van der Waals surface area (Å²) in [6, 6.07) is 35.5. The summed E-state index contributed by atoms with van der Waals surface area (Å²) >= 11 is 0. The van der Waals surface area contributed by atoms with E-state index < -0.39 is 0 Å². The van der Waals surface area contributed by atoms with Crippen molar-refractivity contribution >= 4 is 33.2 Å². The summed E-state index contributed by atoms with van der Waals surface area (Å²) in [7, 11) is 0. The first kappa shape index (κ1) is 16.5. The monoisotopic (exact) mass is 360 g/mol. The quantitative estimate of drug-likeness (QED) is 0.304. The van der Waals surface area contributed by atoms with Crippen LogP contribution in [0, 0.1) is 0 Å². The topological polar surface area (TPSA) is 24.9 Å². The zero-order valence-corrected chi connectivity index (χ0v) is 15.5. The van der Waals surface area contributed by atoms with Gasteiger partial charge in [0, 0.05) is 28.6 Å². The lowest BCUT2D eigenvalue weighted by Gasteiger charge is -2.20. The molecule has 0 atom stereocenters. The third-order valence-electron chi connectivity index (χ3n) is 5.11. The summed E-state index contributed by atoms with van der Waals surface area (Å²) in [5.41, 5.74) is 7.37. The number of pyridine rings is 1. The molecule has 1 aromatic heterocycles. The smallest absolute Gasteiger partial charge is 0.0709 e. The van der Waals surface area contributed by atoms with Crippen molar-refractivity contribution in [1.29, 1.82) is 0 Å². The first-order chi connectivity index (χ1) is 13.9. The number of anilines is 2. The molecule has 2 heteroatoms. The second-order valence-electron chi connectivity index (χ2n) is 6.99. The van der Waals surface area contributed by atoms with Crippen molar-refractivity contribution in [2.45, 2.75) is 6.42 Å². The van der Waals surface area contributed by atoms with Crippen LogP contribution in [0.5, 0.6) is 0 Å². The average Bonchev–Trinajstić information content (AvgIpc) is 2.76. The van der Waals surface area contributed by atoms with Crippen LogP contribution in [0.4, 0.5) is 11.4 Å². The largest absolute Gasteiger partial charge is 0.355 e. The Balaban J connectivity index is 0.000000122. The Morgan fingerprint density at radius 1 is 0.536 bits per heavy atom. The van der Waals surface area contributed by atoms with Gasteiger partial charge in [0.05, 0.1) is 11.0 Å². The number of para-hydroxylation sites is 4. The minimum Gasteiger partial charge on any atom is -0.355 e. The van der Waals surface area contributed by atoms with E-state index in [0.717, 1.165) is 17.5 Å². The van der Waals surface area contributed by atoms with Crippen molar-refractivity contribution in [3.8, 4) is 0 Å². The fourth-order valence-corrected chi connectivity index (χ4v) is 3.66. The van der Waals surface area contributed by atoms with Crippen molar-refractivity contribution in [2.24, 2.45) is 0 Å². The summed E-state index contributed by atoms with van der Waals surface area (Å²) in [6.07, 6.45) is 1.04. The van der Waals surface area contributed by atoms with Crippen LogP contribution in [0.2, 0.25) is 0 Å². The molecule has 134 valence electrons.